The van der Waals surface area contributed by atoms with Crippen LogP contribution in [0.4, 0.5) is 0 Å². The molecule has 16 heavy (non-hydrogen) atoms. The van der Waals surface area contributed by atoms with Crippen molar-refractivity contribution >= 4 is 29.7 Å². The van der Waals surface area contributed by atoms with Crippen LogP contribution in [0, 0.1) is 12.8 Å². The van der Waals surface area contributed by atoms with Crippen LogP contribution < -0.4 is 11.1 Å². The summed E-state index contributed by atoms with van der Waals surface area (Å²) in [5.41, 5.74) is 5.88. The first kappa shape index (κ1) is 13.4. The number of aryl methyl sites for hydroxylation is 1. The molecule has 4 nitrogen and oxygen atoms in total. The van der Waals surface area contributed by atoms with Gasteiger partial charge in [-0.2, -0.15) is 0 Å². The Bertz CT molecular complexity index is 365. The summed E-state index contributed by atoms with van der Waals surface area (Å²) in [6.45, 7) is 2.46. The summed E-state index contributed by atoms with van der Waals surface area (Å²) in [6, 6.07) is 0.114. The van der Waals surface area contributed by atoms with Gasteiger partial charge in [0.2, 0.25) is 0 Å². The smallest absolute Gasteiger partial charge is 0.263 e. The number of aromatic nitrogens is 1. The fourth-order valence-corrected chi connectivity index (χ4v) is 2.15. The SMILES string of the molecule is Cc1ncc(C(=O)NCC(N)C2CC2)s1.Cl. The first-order valence-electron chi connectivity index (χ1n) is 5.13. The Labute approximate surface area is 105 Å². The zero-order chi connectivity index (χ0) is 10.8. The molecule has 0 spiro atoms. The second-order valence-electron chi connectivity index (χ2n) is 3.95. The highest BCUT2D eigenvalue weighted by Gasteiger charge is 2.28. The van der Waals surface area contributed by atoms with Crippen molar-refractivity contribution in [2.24, 2.45) is 11.7 Å². The Morgan fingerprint density at radius 3 is 2.94 bits per heavy atom. The standard InChI is InChI=1S/C10H15N3OS.ClH/c1-6-12-5-9(15-6)10(14)13-4-8(11)7-2-3-7;/h5,7-8H,2-4,11H2,1H3,(H,13,14);1H. The van der Waals surface area contributed by atoms with E-state index in [1.54, 1.807) is 6.20 Å². The van der Waals surface area contributed by atoms with E-state index in [2.05, 4.69) is 10.3 Å². The van der Waals surface area contributed by atoms with Crippen molar-refractivity contribution in [1.82, 2.24) is 10.3 Å². The van der Waals surface area contributed by atoms with Crippen LogP contribution in [-0.2, 0) is 0 Å². The van der Waals surface area contributed by atoms with Gasteiger partial charge in [-0.25, -0.2) is 4.98 Å². The van der Waals surface area contributed by atoms with E-state index in [-0.39, 0.29) is 24.4 Å². The van der Waals surface area contributed by atoms with E-state index in [4.69, 9.17) is 5.73 Å². The number of halogens is 1. The van der Waals surface area contributed by atoms with Crippen molar-refractivity contribution in [3.63, 3.8) is 0 Å². The predicted octanol–water partition coefficient (Wildman–Crippen LogP) is 1.34. The topological polar surface area (TPSA) is 68.0 Å². The summed E-state index contributed by atoms with van der Waals surface area (Å²) >= 11 is 1.41. The number of carbonyl (C=O) groups excluding carboxylic acids is 1. The number of hydrogen-bond donors (Lipinski definition) is 2. The van der Waals surface area contributed by atoms with Crippen LogP contribution >= 0.6 is 23.7 Å². The van der Waals surface area contributed by atoms with Gasteiger partial charge in [0.05, 0.1) is 11.2 Å². The number of hydrogen-bond acceptors (Lipinski definition) is 4. The molecule has 1 heterocycles. The van der Waals surface area contributed by atoms with Gasteiger partial charge < -0.3 is 11.1 Å². The van der Waals surface area contributed by atoms with Crippen LogP contribution in [0.3, 0.4) is 0 Å². The lowest BCUT2D eigenvalue weighted by atomic mass is 10.2. The maximum Gasteiger partial charge on any atom is 0.263 e. The fraction of sp³-hybridized carbons (Fsp3) is 0.600. The third kappa shape index (κ3) is 3.43. The molecule has 1 aromatic rings. The number of nitrogens with zero attached hydrogens (tertiary/aromatic N) is 1. The molecule has 1 atom stereocenters. The number of thiazole rings is 1. The van der Waals surface area contributed by atoms with Crippen LogP contribution in [-0.4, -0.2) is 23.5 Å². The maximum atomic E-state index is 11.6. The summed E-state index contributed by atoms with van der Waals surface area (Å²) in [4.78, 5) is 16.3. The lowest BCUT2D eigenvalue weighted by Crippen LogP contribution is -2.38. The number of amides is 1. The molecule has 1 aliphatic rings. The van der Waals surface area contributed by atoms with Crippen LogP contribution in [0.25, 0.3) is 0 Å². The molecule has 2 rings (SSSR count). The number of carbonyl (C=O) groups is 1. The fourth-order valence-electron chi connectivity index (χ4n) is 1.46. The highest BCUT2D eigenvalue weighted by atomic mass is 35.5. The van der Waals surface area contributed by atoms with E-state index in [1.807, 2.05) is 6.92 Å². The van der Waals surface area contributed by atoms with Gasteiger partial charge in [-0.1, -0.05) is 0 Å². The predicted molar refractivity (Wildman–Crippen MR) is 67.1 cm³/mol. The van der Waals surface area contributed by atoms with Crippen molar-refractivity contribution in [1.29, 1.82) is 0 Å². The minimum Gasteiger partial charge on any atom is -0.350 e. The average molecular weight is 262 g/mol. The average Bonchev–Trinajstić information content (AvgIpc) is 2.97. The quantitative estimate of drug-likeness (QED) is 0.860. The molecule has 0 bridgehead atoms. The second-order valence-corrected chi connectivity index (χ2v) is 5.19. The van der Waals surface area contributed by atoms with Gasteiger partial charge in [0, 0.05) is 12.6 Å². The molecule has 3 N–H and O–H groups in total. The van der Waals surface area contributed by atoms with E-state index in [1.165, 1.54) is 24.2 Å². The minimum absolute atomic E-state index is 0. The molecule has 90 valence electrons. The zero-order valence-electron chi connectivity index (χ0n) is 9.10. The molecular formula is C10H16ClN3OS. The van der Waals surface area contributed by atoms with E-state index >= 15 is 0 Å². The van der Waals surface area contributed by atoms with Crippen molar-refractivity contribution in [2.75, 3.05) is 6.54 Å². The van der Waals surface area contributed by atoms with Gasteiger partial charge in [0.25, 0.3) is 5.91 Å². The third-order valence-corrected chi connectivity index (χ3v) is 3.48. The van der Waals surface area contributed by atoms with Crippen molar-refractivity contribution in [3.8, 4) is 0 Å². The van der Waals surface area contributed by atoms with Gasteiger partial charge in [-0.15, -0.1) is 23.7 Å². The summed E-state index contributed by atoms with van der Waals surface area (Å²) < 4.78 is 0. The van der Waals surface area contributed by atoms with Crippen LogP contribution in [0.2, 0.25) is 0 Å². The Morgan fingerprint density at radius 2 is 2.44 bits per heavy atom. The van der Waals surface area contributed by atoms with Crippen LogP contribution in [0.15, 0.2) is 6.20 Å². The second kappa shape index (κ2) is 5.61. The Balaban J connectivity index is 0.00000128. The number of rotatable bonds is 4. The van der Waals surface area contributed by atoms with Gasteiger partial charge >= 0.3 is 0 Å². The highest BCUT2D eigenvalue weighted by molar-refractivity contribution is 7.13. The molecule has 0 radical (unpaired) electrons. The largest absolute Gasteiger partial charge is 0.350 e. The van der Waals surface area contributed by atoms with Crippen LogP contribution in [0.5, 0.6) is 0 Å². The van der Waals surface area contributed by atoms with E-state index in [0.29, 0.717) is 17.3 Å². The zero-order valence-corrected chi connectivity index (χ0v) is 10.7. The summed E-state index contributed by atoms with van der Waals surface area (Å²) in [5.74, 6) is 0.560. The first-order valence-corrected chi connectivity index (χ1v) is 5.94. The molecule has 1 saturated carbocycles. The Morgan fingerprint density at radius 1 is 1.75 bits per heavy atom. The van der Waals surface area contributed by atoms with Crippen molar-refractivity contribution in [3.05, 3.63) is 16.1 Å². The molecule has 1 aromatic heterocycles. The molecule has 1 amide bonds. The molecule has 1 unspecified atom stereocenters. The molecule has 1 fully saturated rings. The molecule has 6 heteroatoms. The number of nitrogens with one attached hydrogen (secondary N) is 1. The van der Waals surface area contributed by atoms with E-state index in [0.717, 1.165) is 5.01 Å². The summed E-state index contributed by atoms with van der Waals surface area (Å²) in [5, 5.41) is 3.75. The molecule has 1 aliphatic carbocycles. The van der Waals surface area contributed by atoms with Gasteiger partial charge in [-0.3, -0.25) is 4.79 Å². The monoisotopic (exact) mass is 261 g/mol. The van der Waals surface area contributed by atoms with Gasteiger partial charge in [0.1, 0.15) is 4.88 Å². The first-order chi connectivity index (χ1) is 7.16. The van der Waals surface area contributed by atoms with E-state index in [9.17, 15) is 4.79 Å². The minimum atomic E-state index is -0.0586. The number of nitrogens with two attached hydrogens (primary N) is 1. The lowest BCUT2D eigenvalue weighted by Gasteiger charge is -2.10. The highest BCUT2D eigenvalue weighted by Crippen LogP contribution is 2.31. The van der Waals surface area contributed by atoms with Gasteiger partial charge in [-0.05, 0) is 25.7 Å². The van der Waals surface area contributed by atoms with Crippen molar-refractivity contribution < 1.29 is 4.79 Å². The molecular weight excluding hydrogens is 246 g/mol. The normalized spacial score (nSPS) is 16.4. The Kier molecular flexibility index (Phi) is 4.70. The third-order valence-electron chi connectivity index (χ3n) is 2.57. The van der Waals surface area contributed by atoms with Crippen molar-refractivity contribution in [2.45, 2.75) is 25.8 Å². The molecule has 0 saturated heterocycles. The molecule has 0 aliphatic heterocycles. The summed E-state index contributed by atoms with van der Waals surface area (Å²) in [6.07, 6.45) is 4.02. The Hall–Kier alpha value is -0.650. The molecule has 0 aromatic carbocycles. The van der Waals surface area contributed by atoms with Gasteiger partial charge in [0.15, 0.2) is 0 Å². The summed E-state index contributed by atoms with van der Waals surface area (Å²) in [7, 11) is 0. The van der Waals surface area contributed by atoms with Crippen LogP contribution in [0.1, 0.15) is 27.5 Å². The van der Waals surface area contributed by atoms with E-state index < -0.39 is 0 Å². The lowest BCUT2D eigenvalue weighted by molar-refractivity contribution is 0.0954. The maximum absolute atomic E-state index is 11.6.